The molecule has 0 unspecified atom stereocenters. The summed E-state index contributed by atoms with van der Waals surface area (Å²) in [5.41, 5.74) is 1.14. The number of sulfone groups is 1. The molecule has 2 aromatic carbocycles. The first-order valence-corrected chi connectivity index (χ1v) is 11.2. The van der Waals surface area contributed by atoms with Crippen LogP contribution in [0.2, 0.25) is 0 Å². The van der Waals surface area contributed by atoms with Crippen LogP contribution in [0.4, 0.5) is 0 Å². The predicted octanol–water partition coefficient (Wildman–Crippen LogP) is 1.16. The van der Waals surface area contributed by atoms with E-state index in [1.807, 2.05) is 6.07 Å². The van der Waals surface area contributed by atoms with Crippen LogP contribution >= 0.6 is 0 Å². The van der Waals surface area contributed by atoms with Gasteiger partial charge in [-0.1, -0.05) is 24.3 Å². The third kappa shape index (κ3) is 5.15. The van der Waals surface area contributed by atoms with Crippen molar-refractivity contribution in [1.82, 2.24) is 9.80 Å². The highest BCUT2D eigenvalue weighted by atomic mass is 32.2. The second-order valence-corrected chi connectivity index (χ2v) is 9.10. The number of hydrogen-bond donors (Lipinski definition) is 1. The first kappa shape index (κ1) is 21.3. The van der Waals surface area contributed by atoms with Gasteiger partial charge < -0.3 is 14.9 Å². The quantitative estimate of drug-likeness (QED) is 0.765. The van der Waals surface area contributed by atoms with Crippen molar-refractivity contribution in [3.8, 4) is 11.8 Å². The average molecular weight is 427 g/mol. The Hall–Kier alpha value is -3.38. The lowest BCUT2D eigenvalue weighted by Gasteiger charge is -2.34. The molecule has 0 aliphatic carbocycles. The SMILES string of the molecule is N#Cc1ccc(CS(=O)(=O)CC(=O)N2CCN(C(=O)c3ccccc3O)CC2)cc1. The summed E-state index contributed by atoms with van der Waals surface area (Å²) in [4.78, 5) is 28.0. The summed E-state index contributed by atoms with van der Waals surface area (Å²) in [5, 5.41) is 18.6. The van der Waals surface area contributed by atoms with Crippen molar-refractivity contribution < 1.29 is 23.1 Å². The first-order valence-electron chi connectivity index (χ1n) is 9.33. The molecule has 30 heavy (non-hydrogen) atoms. The number of para-hydroxylation sites is 1. The lowest BCUT2D eigenvalue weighted by atomic mass is 10.1. The zero-order valence-electron chi connectivity index (χ0n) is 16.2. The van der Waals surface area contributed by atoms with Crippen LogP contribution in [0.3, 0.4) is 0 Å². The van der Waals surface area contributed by atoms with E-state index >= 15 is 0 Å². The molecule has 1 N–H and O–H groups in total. The van der Waals surface area contributed by atoms with Gasteiger partial charge in [0.15, 0.2) is 9.84 Å². The minimum atomic E-state index is -3.67. The Bertz CT molecular complexity index is 1080. The third-order valence-corrected chi connectivity index (χ3v) is 6.33. The lowest BCUT2D eigenvalue weighted by molar-refractivity contribution is -0.129. The number of amides is 2. The van der Waals surface area contributed by atoms with Crippen LogP contribution in [0.1, 0.15) is 21.5 Å². The van der Waals surface area contributed by atoms with E-state index in [0.717, 1.165) is 0 Å². The number of nitriles is 1. The van der Waals surface area contributed by atoms with E-state index in [9.17, 15) is 23.1 Å². The summed E-state index contributed by atoms with van der Waals surface area (Å²) >= 11 is 0. The number of benzene rings is 2. The van der Waals surface area contributed by atoms with Crippen LogP contribution in [0.5, 0.6) is 5.75 Å². The topological polar surface area (TPSA) is 119 Å². The molecule has 0 atom stereocenters. The number of nitrogens with zero attached hydrogens (tertiary/aromatic N) is 3. The molecule has 3 rings (SSSR count). The number of rotatable bonds is 5. The number of phenolic OH excluding ortho intramolecular Hbond substituents is 1. The van der Waals surface area contributed by atoms with Crippen LogP contribution in [0, 0.1) is 11.3 Å². The Morgan fingerprint density at radius 2 is 1.57 bits per heavy atom. The van der Waals surface area contributed by atoms with Crippen LogP contribution in [-0.2, 0) is 20.4 Å². The van der Waals surface area contributed by atoms with Crippen molar-refractivity contribution in [2.24, 2.45) is 0 Å². The molecule has 0 aromatic heterocycles. The number of hydrogen-bond acceptors (Lipinski definition) is 6. The fourth-order valence-electron chi connectivity index (χ4n) is 3.24. The predicted molar refractivity (Wildman–Crippen MR) is 109 cm³/mol. The van der Waals surface area contributed by atoms with Gasteiger partial charge in [-0.25, -0.2) is 8.42 Å². The maximum Gasteiger partial charge on any atom is 0.257 e. The van der Waals surface area contributed by atoms with E-state index in [-0.39, 0.29) is 49.2 Å². The van der Waals surface area contributed by atoms with E-state index in [0.29, 0.717) is 11.1 Å². The van der Waals surface area contributed by atoms with E-state index in [2.05, 4.69) is 0 Å². The standard InChI is InChI=1S/C21H21N3O5S/c22-13-16-5-7-17(8-6-16)14-30(28,29)15-20(26)23-9-11-24(12-10-23)21(27)18-3-1-2-4-19(18)25/h1-8,25H,9-12,14-15H2. The number of piperazine rings is 1. The second kappa shape index (κ2) is 8.97. The molecule has 2 aromatic rings. The van der Waals surface area contributed by atoms with Crippen molar-refractivity contribution >= 4 is 21.7 Å². The monoisotopic (exact) mass is 427 g/mol. The highest BCUT2D eigenvalue weighted by molar-refractivity contribution is 7.91. The summed E-state index contributed by atoms with van der Waals surface area (Å²) in [6.07, 6.45) is 0. The van der Waals surface area contributed by atoms with Gasteiger partial charge in [0.25, 0.3) is 5.91 Å². The van der Waals surface area contributed by atoms with E-state index in [1.165, 1.54) is 34.1 Å². The summed E-state index contributed by atoms with van der Waals surface area (Å²) in [6.45, 7) is 0.971. The Kier molecular flexibility index (Phi) is 6.37. The highest BCUT2D eigenvalue weighted by Crippen LogP contribution is 2.19. The van der Waals surface area contributed by atoms with Gasteiger partial charge in [0.2, 0.25) is 5.91 Å². The second-order valence-electron chi connectivity index (χ2n) is 7.03. The fraction of sp³-hybridized carbons (Fsp3) is 0.286. The van der Waals surface area contributed by atoms with Crippen molar-refractivity contribution in [2.75, 3.05) is 31.9 Å². The largest absolute Gasteiger partial charge is 0.507 e. The zero-order valence-corrected chi connectivity index (χ0v) is 17.0. The Morgan fingerprint density at radius 3 is 2.17 bits per heavy atom. The Labute approximate surface area is 174 Å². The van der Waals surface area contributed by atoms with E-state index in [1.54, 1.807) is 24.3 Å². The molecular formula is C21H21N3O5S. The van der Waals surface area contributed by atoms with Gasteiger partial charge in [-0.2, -0.15) is 5.26 Å². The summed E-state index contributed by atoms with van der Waals surface area (Å²) in [5.74, 6) is -1.82. The maximum absolute atomic E-state index is 12.5. The van der Waals surface area contributed by atoms with Gasteiger partial charge in [-0.05, 0) is 29.8 Å². The normalized spacial score (nSPS) is 14.2. The Balaban J connectivity index is 1.55. The zero-order chi connectivity index (χ0) is 21.7. The number of phenols is 1. The van der Waals surface area contributed by atoms with Gasteiger partial charge in [0.1, 0.15) is 11.5 Å². The molecular weight excluding hydrogens is 406 g/mol. The van der Waals surface area contributed by atoms with Crippen molar-refractivity contribution in [3.05, 3.63) is 65.2 Å². The van der Waals surface area contributed by atoms with Gasteiger partial charge in [-0.3, -0.25) is 9.59 Å². The van der Waals surface area contributed by atoms with Crippen LogP contribution in [0.15, 0.2) is 48.5 Å². The molecule has 1 heterocycles. The first-order chi connectivity index (χ1) is 14.3. The summed E-state index contributed by atoms with van der Waals surface area (Å²) < 4.78 is 24.8. The van der Waals surface area contributed by atoms with Crippen molar-refractivity contribution in [2.45, 2.75) is 5.75 Å². The van der Waals surface area contributed by atoms with Gasteiger partial charge in [0, 0.05) is 26.2 Å². The van der Waals surface area contributed by atoms with E-state index < -0.39 is 21.5 Å². The molecule has 0 saturated carbocycles. The molecule has 1 saturated heterocycles. The van der Waals surface area contributed by atoms with Crippen molar-refractivity contribution in [3.63, 3.8) is 0 Å². The molecule has 2 amide bonds. The van der Waals surface area contributed by atoms with E-state index in [4.69, 9.17) is 5.26 Å². The average Bonchev–Trinajstić information content (AvgIpc) is 2.73. The van der Waals surface area contributed by atoms with Crippen LogP contribution in [-0.4, -0.2) is 67.1 Å². The van der Waals surface area contributed by atoms with Gasteiger partial charge in [0.05, 0.1) is 22.9 Å². The summed E-state index contributed by atoms with van der Waals surface area (Å²) in [7, 11) is -3.67. The maximum atomic E-state index is 12.5. The van der Waals surface area contributed by atoms with Gasteiger partial charge >= 0.3 is 0 Å². The third-order valence-electron chi connectivity index (χ3n) is 4.87. The molecule has 1 aliphatic rings. The number of carbonyl (C=O) groups is 2. The molecule has 8 nitrogen and oxygen atoms in total. The molecule has 0 spiro atoms. The molecule has 9 heteroatoms. The molecule has 0 radical (unpaired) electrons. The van der Waals surface area contributed by atoms with Crippen molar-refractivity contribution in [1.29, 1.82) is 5.26 Å². The van der Waals surface area contributed by atoms with Gasteiger partial charge in [-0.15, -0.1) is 0 Å². The molecule has 1 fully saturated rings. The molecule has 1 aliphatic heterocycles. The Morgan fingerprint density at radius 1 is 0.967 bits per heavy atom. The van der Waals surface area contributed by atoms with Crippen LogP contribution < -0.4 is 0 Å². The minimum absolute atomic E-state index is 0.102. The fourth-order valence-corrected chi connectivity index (χ4v) is 4.60. The summed E-state index contributed by atoms with van der Waals surface area (Å²) in [6, 6.07) is 14.4. The molecule has 0 bridgehead atoms. The number of aromatic hydroxyl groups is 1. The lowest BCUT2D eigenvalue weighted by Crippen LogP contribution is -2.51. The minimum Gasteiger partial charge on any atom is -0.507 e. The highest BCUT2D eigenvalue weighted by Gasteiger charge is 2.28. The smallest absolute Gasteiger partial charge is 0.257 e. The number of carbonyl (C=O) groups excluding carboxylic acids is 2. The molecule has 156 valence electrons. The van der Waals surface area contributed by atoms with Crippen LogP contribution in [0.25, 0.3) is 0 Å².